The van der Waals surface area contributed by atoms with Crippen molar-refractivity contribution in [1.82, 2.24) is 0 Å². The van der Waals surface area contributed by atoms with Gasteiger partial charge >= 0.3 is 0 Å². The molecule has 4 aliphatic carbocycles. The second-order valence-corrected chi connectivity index (χ2v) is 15.7. The Morgan fingerprint density at radius 3 is 0.769 bits per heavy atom. The molecule has 14 heteroatoms. The zero-order valence-corrected chi connectivity index (χ0v) is 32.6. The van der Waals surface area contributed by atoms with Gasteiger partial charge in [0, 0.05) is 24.3 Å². The smallest absolute Gasteiger partial charge is 0.138 e. The molecule has 8 atom stereocenters. The molecule has 8 unspecified atom stereocenters. The number of halogens is 2. The normalized spacial score (nSPS) is 35.0. The van der Waals surface area contributed by atoms with Gasteiger partial charge in [0.1, 0.15) is 33.5 Å². The van der Waals surface area contributed by atoms with Gasteiger partial charge in [-0.25, -0.2) is 0 Å². The van der Waals surface area contributed by atoms with Gasteiger partial charge in [0.2, 0.25) is 0 Å². The molecule has 0 saturated heterocycles. The molecular formula is C38H54Cl2N6O6. The molecule has 52 heavy (non-hydrogen) atoms. The van der Waals surface area contributed by atoms with Gasteiger partial charge in [-0.3, -0.25) is 9.80 Å². The van der Waals surface area contributed by atoms with Crippen molar-refractivity contribution in [3.8, 4) is 0 Å². The quantitative estimate of drug-likeness (QED) is 0.164. The number of allylic oxidation sites excluding steroid dienone is 8. The summed E-state index contributed by atoms with van der Waals surface area (Å²) in [7, 11) is -5.70. The highest BCUT2D eigenvalue weighted by atomic mass is 35.6. The topological polar surface area (TPSA) is 251 Å². The largest absolute Gasteiger partial charge is 0.357 e. The molecule has 0 aromatic heterocycles. The van der Waals surface area contributed by atoms with E-state index in [0.717, 1.165) is 11.4 Å². The standard InChI is InChI=1S/C38H52N6.2ClO3/c1-25-13-17-35(5,31(39)21-25)43(36(6)18-14-26(2)22-32(36)40)29-9-11-30(12-10-29)44(37(7)19-15-27(3)23-33(37)41)38(8)20-16-28(4)24-34(38)42;2*2-1(3)4/h9-24,31-34H,39-42H2,1-8H3;;/q;2*-1/p+2. The first-order valence-electron chi connectivity index (χ1n) is 16.9. The third kappa shape index (κ3) is 9.48. The molecule has 1 aromatic carbocycles. The fraction of sp³-hybridized carbons (Fsp3) is 0.421. The minimum Gasteiger partial charge on any atom is -0.357 e. The number of quaternary nitrogens is 2. The van der Waals surface area contributed by atoms with E-state index in [-0.39, 0.29) is 24.2 Å². The molecule has 0 heterocycles. The third-order valence-electron chi connectivity index (χ3n) is 10.9. The molecule has 4 aliphatic rings. The summed E-state index contributed by atoms with van der Waals surface area (Å²) in [4.78, 5) is 2.44. The Bertz CT molecular complexity index is 1460. The van der Waals surface area contributed by atoms with Crippen LogP contribution in [0.4, 0.5) is 11.4 Å². The van der Waals surface area contributed by atoms with Crippen molar-refractivity contribution < 1.29 is 59.3 Å². The second kappa shape index (κ2) is 17.1. The fourth-order valence-corrected chi connectivity index (χ4v) is 7.92. The minimum atomic E-state index is -2.85. The molecule has 0 spiro atoms. The summed E-state index contributed by atoms with van der Waals surface area (Å²) in [6, 6.07) is 8.26. The Morgan fingerprint density at radius 2 is 0.615 bits per heavy atom. The summed E-state index contributed by atoms with van der Waals surface area (Å²) in [6.45, 7) is 17.4. The first-order valence-corrected chi connectivity index (χ1v) is 18.7. The van der Waals surface area contributed by atoms with Crippen LogP contribution in [0.3, 0.4) is 0 Å². The fourth-order valence-electron chi connectivity index (χ4n) is 7.92. The van der Waals surface area contributed by atoms with Crippen molar-refractivity contribution in [2.45, 2.75) is 102 Å². The van der Waals surface area contributed by atoms with Gasteiger partial charge in [-0.2, -0.15) is 0 Å². The monoisotopic (exact) mass is 760 g/mol. The summed E-state index contributed by atoms with van der Waals surface area (Å²) in [6.07, 6.45) is 26.5. The molecule has 1 aromatic rings. The van der Waals surface area contributed by atoms with E-state index in [1.807, 2.05) is 0 Å². The van der Waals surface area contributed by atoms with E-state index < -0.39 is 43.7 Å². The lowest BCUT2D eigenvalue weighted by Gasteiger charge is -2.51. The van der Waals surface area contributed by atoms with Crippen LogP contribution in [0.1, 0.15) is 55.4 Å². The van der Waals surface area contributed by atoms with E-state index >= 15 is 0 Å². The van der Waals surface area contributed by atoms with Crippen molar-refractivity contribution in [3.05, 3.63) is 119 Å². The van der Waals surface area contributed by atoms with E-state index in [9.17, 15) is 0 Å². The Balaban J connectivity index is 0.000000827. The molecule has 0 amide bonds. The average molecular weight is 762 g/mol. The molecule has 286 valence electrons. The van der Waals surface area contributed by atoms with Crippen molar-refractivity contribution in [2.75, 3.05) is 0 Å². The Labute approximate surface area is 313 Å². The molecule has 0 aliphatic heterocycles. The van der Waals surface area contributed by atoms with Crippen molar-refractivity contribution in [3.63, 3.8) is 0 Å². The van der Waals surface area contributed by atoms with E-state index in [4.69, 9.17) is 50.9 Å². The van der Waals surface area contributed by atoms with Crippen molar-refractivity contribution in [2.24, 2.45) is 22.9 Å². The molecule has 0 radical (unpaired) electrons. The van der Waals surface area contributed by atoms with Crippen LogP contribution >= 0.6 is 0 Å². The minimum absolute atomic E-state index is 0.188. The highest BCUT2D eigenvalue weighted by molar-refractivity contribution is 5.45. The van der Waals surface area contributed by atoms with Crippen LogP contribution < -0.4 is 60.7 Å². The number of benzene rings is 1. The highest BCUT2D eigenvalue weighted by Crippen LogP contribution is 2.30. The predicted molar refractivity (Wildman–Crippen MR) is 185 cm³/mol. The van der Waals surface area contributed by atoms with Crippen LogP contribution in [0.5, 0.6) is 0 Å². The second-order valence-electron chi connectivity index (χ2n) is 14.9. The summed E-state index contributed by atoms with van der Waals surface area (Å²) in [5.41, 5.74) is 33.1. The maximum Gasteiger partial charge on any atom is 0.138 e. The van der Waals surface area contributed by atoms with E-state index in [2.05, 4.69) is 153 Å². The Kier molecular flexibility index (Phi) is 14.4. The maximum absolute atomic E-state index is 8.41. The molecule has 0 saturated carbocycles. The van der Waals surface area contributed by atoms with E-state index in [1.165, 1.54) is 32.1 Å². The van der Waals surface area contributed by atoms with E-state index in [1.54, 1.807) is 0 Å². The van der Waals surface area contributed by atoms with Crippen LogP contribution in [0, 0.1) is 21.6 Å². The van der Waals surface area contributed by atoms with Gasteiger partial charge in [0.05, 0.1) is 45.7 Å². The Morgan fingerprint density at radius 1 is 0.442 bits per heavy atom. The van der Waals surface area contributed by atoms with Gasteiger partial charge in [0.25, 0.3) is 0 Å². The molecule has 12 nitrogen and oxygen atoms in total. The third-order valence-corrected chi connectivity index (χ3v) is 10.9. The molecule has 10 N–H and O–H groups in total. The van der Waals surface area contributed by atoms with E-state index in [0.29, 0.717) is 0 Å². The van der Waals surface area contributed by atoms with Crippen LogP contribution in [-0.2, 0) is 0 Å². The van der Waals surface area contributed by atoms with Gasteiger partial charge in [-0.05, 0) is 79.7 Å². The SMILES string of the molecule is CC1=CC(N)C(C)([NH+](c2ccc([NH+](C3(C)C=CC(C)=CC3N)C3(C)C=CC(C)=CC3N)cc2)C2(C)C=CC(C)=CC2N)C=C1.[O-][Cl+2]([O-])[O-].[O-][Cl+2]([O-])[O-]. The lowest BCUT2D eigenvalue weighted by atomic mass is 9.75. The van der Waals surface area contributed by atoms with Gasteiger partial charge in [0.15, 0.2) is 0 Å². The summed E-state index contributed by atoms with van der Waals surface area (Å²) in [5.74, 6) is 0. The first kappa shape index (κ1) is 43.6. The zero-order chi connectivity index (χ0) is 39.4. The van der Waals surface area contributed by atoms with Crippen LogP contribution in [-0.4, -0.2) is 46.3 Å². The number of rotatable bonds is 6. The van der Waals surface area contributed by atoms with Gasteiger partial charge in [-0.15, -0.1) is 0 Å². The van der Waals surface area contributed by atoms with Crippen LogP contribution in [0.25, 0.3) is 0 Å². The van der Waals surface area contributed by atoms with Crippen LogP contribution in [0.2, 0.25) is 0 Å². The number of hydrogen-bond acceptors (Lipinski definition) is 10. The predicted octanol–water partition coefficient (Wildman–Crippen LogP) is -4.01. The Hall–Kier alpha value is -2.76. The lowest BCUT2D eigenvalue weighted by molar-refractivity contribution is -1.73. The molecule has 0 bridgehead atoms. The van der Waals surface area contributed by atoms with Gasteiger partial charge < -0.3 is 50.9 Å². The average Bonchev–Trinajstić information content (AvgIpc) is 3.02. The van der Waals surface area contributed by atoms with Gasteiger partial charge in [-0.1, -0.05) is 70.9 Å². The number of hydrogen-bond donors (Lipinski definition) is 6. The molecule has 0 fully saturated rings. The number of nitrogens with two attached hydrogens (primary N) is 4. The first-order chi connectivity index (χ1) is 24.0. The maximum atomic E-state index is 8.41. The summed E-state index contributed by atoms with van der Waals surface area (Å²) >= 11 is 0. The summed E-state index contributed by atoms with van der Waals surface area (Å²) in [5, 5.41) is 0. The van der Waals surface area contributed by atoms with Crippen LogP contribution in [0.15, 0.2) is 119 Å². The van der Waals surface area contributed by atoms with Crippen molar-refractivity contribution >= 4 is 11.4 Å². The molecule has 5 rings (SSSR count). The highest BCUT2D eigenvalue weighted by Gasteiger charge is 2.55. The zero-order valence-electron chi connectivity index (χ0n) is 31.1. The van der Waals surface area contributed by atoms with Crippen molar-refractivity contribution in [1.29, 1.82) is 0 Å². The lowest BCUT2D eigenvalue weighted by Crippen LogP contribution is -3.26. The summed E-state index contributed by atoms with van der Waals surface area (Å²) < 4.78 is 50.4. The molecular weight excluding hydrogens is 707 g/mol. The number of nitrogens with one attached hydrogen (secondary N) is 2.